The average Bonchev–Trinajstić information content (AvgIpc) is 3.33. The van der Waals surface area contributed by atoms with E-state index in [1.165, 1.54) is 16.7 Å². The highest BCUT2D eigenvalue weighted by Gasteiger charge is 2.54. The number of fused-ring (bicyclic) bond motifs is 1. The molecular formula is C20H24N8O5S2. The molecule has 0 radical (unpaired) electrons. The number of nitrogens with zero attached hydrogens (tertiary/aromatic N) is 4. The fourth-order valence-electron chi connectivity index (χ4n) is 4.24. The second kappa shape index (κ2) is 10.6. The summed E-state index contributed by atoms with van der Waals surface area (Å²) < 4.78 is 0. The topological polar surface area (TPSA) is 208 Å². The van der Waals surface area contributed by atoms with Gasteiger partial charge in [-0.05, 0) is 23.6 Å². The van der Waals surface area contributed by atoms with Crippen molar-refractivity contribution in [1.82, 2.24) is 30.8 Å². The van der Waals surface area contributed by atoms with Crippen LogP contribution in [-0.4, -0.2) is 82.5 Å². The number of carbonyl (C=O) groups excluding carboxylic acids is 3. The van der Waals surface area contributed by atoms with Gasteiger partial charge in [0.05, 0.1) is 0 Å². The molecule has 1 fully saturated rings. The maximum atomic E-state index is 13.0. The molecular weight excluding hydrogens is 496 g/mol. The number of aliphatic carboxylic acids is 1. The highest BCUT2D eigenvalue weighted by molar-refractivity contribution is 8.01. The van der Waals surface area contributed by atoms with Gasteiger partial charge in [-0.25, -0.2) is 4.79 Å². The molecule has 1 aromatic rings. The number of aromatic nitrogens is 4. The normalized spacial score (nSPS) is 24.6. The van der Waals surface area contributed by atoms with Crippen LogP contribution in [0.15, 0.2) is 28.6 Å². The zero-order chi connectivity index (χ0) is 25.1. The lowest BCUT2D eigenvalue weighted by Crippen LogP contribution is -2.70. The molecule has 0 saturated carbocycles. The first-order chi connectivity index (χ1) is 16.8. The minimum atomic E-state index is -1.27. The van der Waals surface area contributed by atoms with E-state index >= 15 is 0 Å². The number of rotatable bonds is 10. The Labute approximate surface area is 208 Å². The quantitative estimate of drug-likeness (QED) is 0.159. The Morgan fingerprint density at radius 1 is 1.40 bits per heavy atom. The van der Waals surface area contributed by atoms with Crippen LogP contribution in [0.5, 0.6) is 0 Å². The molecule has 1 aromatic heterocycles. The Kier molecular flexibility index (Phi) is 7.54. The van der Waals surface area contributed by atoms with Crippen molar-refractivity contribution in [3.63, 3.8) is 0 Å². The summed E-state index contributed by atoms with van der Waals surface area (Å²) >= 11 is 2.47. The third-order valence-electron chi connectivity index (χ3n) is 5.98. The summed E-state index contributed by atoms with van der Waals surface area (Å²) in [4.78, 5) is 50.4. The van der Waals surface area contributed by atoms with E-state index in [1.54, 1.807) is 0 Å². The van der Waals surface area contributed by atoms with Crippen molar-refractivity contribution >= 4 is 52.9 Å². The van der Waals surface area contributed by atoms with Crippen molar-refractivity contribution in [2.75, 3.05) is 5.75 Å². The first-order valence-corrected chi connectivity index (χ1v) is 12.8. The number of primary amides is 1. The number of aromatic amines is 1. The molecule has 186 valence electrons. The highest BCUT2D eigenvalue weighted by Crippen LogP contribution is 2.44. The van der Waals surface area contributed by atoms with Crippen molar-refractivity contribution in [2.45, 2.75) is 53.9 Å². The lowest BCUT2D eigenvalue weighted by molar-refractivity contribution is -0.150. The zero-order valence-electron chi connectivity index (χ0n) is 18.5. The van der Waals surface area contributed by atoms with Gasteiger partial charge < -0.3 is 21.6 Å². The number of amides is 3. The Balaban J connectivity index is 1.50. The van der Waals surface area contributed by atoms with Gasteiger partial charge in [0.25, 0.3) is 5.91 Å². The fourth-order valence-corrected chi connectivity index (χ4v) is 6.78. The van der Waals surface area contributed by atoms with Crippen LogP contribution in [0.25, 0.3) is 0 Å². The van der Waals surface area contributed by atoms with Crippen molar-refractivity contribution in [3.8, 4) is 0 Å². The highest BCUT2D eigenvalue weighted by atomic mass is 32.2. The Morgan fingerprint density at radius 2 is 2.20 bits per heavy atom. The second-order valence-electron chi connectivity index (χ2n) is 8.28. The molecule has 0 spiro atoms. The molecule has 35 heavy (non-hydrogen) atoms. The Morgan fingerprint density at radius 3 is 2.86 bits per heavy atom. The molecule has 0 aromatic carbocycles. The molecule has 0 bridgehead atoms. The van der Waals surface area contributed by atoms with Gasteiger partial charge in [-0.2, -0.15) is 5.21 Å². The van der Waals surface area contributed by atoms with Gasteiger partial charge in [0.2, 0.25) is 17.0 Å². The molecule has 15 heteroatoms. The molecule has 6 N–H and O–H groups in total. The van der Waals surface area contributed by atoms with Gasteiger partial charge in [-0.15, -0.1) is 22.0 Å². The summed E-state index contributed by atoms with van der Waals surface area (Å²) in [5, 5.41) is 33.5. The number of tetrazole rings is 1. The van der Waals surface area contributed by atoms with E-state index in [2.05, 4.69) is 25.9 Å². The summed E-state index contributed by atoms with van der Waals surface area (Å²) in [5.41, 5.74) is 6.08. The smallest absolute Gasteiger partial charge is 0.352 e. The predicted octanol–water partition coefficient (Wildman–Crippen LogP) is 0.0406. The van der Waals surface area contributed by atoms with Crippen LogP contribution in [-0.2, 0) is 19.2 Å². The van der Waals surface area contributed by atoms with Crippen LogP contribution in [0.2, 0.25) is 0 Å². The van der Waals surface area contributed by atoms with Crippen molar-refractivity contribution in [2.24, 2.45) is 11.7 Å². The number of nitrogens with two attached hydrogens (primary N) is 1. The SMILES string of the molecule is N=C1CC=CCC1CC(=O)NC1C(=O)N2C(C(=O)O)=C(C(CCC(N)=O)Sc3nn[nH]n3)CS[C@@H]12. The van der Waals surface area contributed by atoms with Crippen LogP contribution in [0.4, 0.5) is 0 Å². The number of allylic oxidation sites excluding steroid dienone is 2. The summed E-state index contributed by atoms with van der Waals surface area (Å²) in [7, 11) is 0. The van der Waals surface area contributed by atoms with Gasteiger partial charge >= 0.3 is 5.97 Å². The lowest BCUT2D eigenvalue weighted by Gasteiger charge is -2.50. The summed E-state index contributed by atoms with van der Waals surface area (Å²) in [6.45, 7) is 0. The first-order valence-electron chi connectivity index (χ1n) is 10.9. The molecule has 4 rings (SSSR count). The number of H-pyrrole nitrogens is 1. The molecule has 3 amide bonds. The first kappa shape index (κ1) is 24.9. The number of carbonyl (C=O) groups is 4. The van der Waals surface area contributed by atoms with E-state index < -0.39 is 34.4 Å². The maximum absolute atomic E-state index is 13.0. The molecule has 3 unspecified atom stereocenters. The van der Waals surface area contributed by atoms with Gasteiger partial charge in [-0.1, -0.05) is 23.9 Å². The van der Waals surface area contributed by atoms with Gasteiger partial charge in [0.15, 0.2) is 0 Å². The van der Waals surface area contributed by atoms with E-state index in [4.69, 9.17) is 11.1 Å². The van der Waals surface area contributed by atoms with Gasteiger partial charge in [0, 0.05) is 41.9 Å². The summed E-state index contributed by atoms with van der Waals surface area (Å²) in [6.07, 6.45) is 5.31. The molecule has 1 aliphatic carbocycles. The van der Waals surface area contributed by atoms with Crippen LogP contribution < -0.4 is 11.1 Å². The third kappa shape index (κ3) is 5.40. The molecule has 4 atom stereocenters. The lowest BCUT2D eigenvalue weighted by atomic mass is 9.89. The largest absolute Gasteiger partial charge is 0.477 e. The van der Waals surface area contributed by atoms with E-state index in [-0.39, 0.29) is 47.7 Å². The van der Waals surface area contributed by atoms with Crippen molar-refractivity contribution in [1.29, 1.82) is 5.41 Å². The zero-order valence-corrected chi connectivity index (χ0v) is 20.1. The average molecular weight is 521 g/mol. The van der Waals surface area contributed by atoms with E-state index in [0.29, 0.717) is 24.1 Å². The number of β-lactam (4-membered cyclic amide) rings is 1. The number of nitrogens with one attached hydrogen (secondary N) is 3. The minimum Gasteiger partial charge on any atom is -0.477 e. The minimum absolute atomic E-state index is 0.0119. The molecule has 3 aliphatic rings. The van der Waals surface area contributed by atoms with E-state index in [0.717, 1.165) is 11.8 Å². The molecule has 13 nitrogen and oxygen atoms in total. The third-order valence-corrected chi connectivity index (χ3v) is 8.47. The summed E-state index contributed by atoms with van der Waals surface area (Å²) in [5.74, 6) is -2.58. The number of hydrogen-bond donors (Lipinski definition) is 5. The number of carboxylic acids is 1. The number of hydrogen-bond acceptors (Lipinski definition) is 10. The number of thioether (sulfide) groups is 2. The molecule has 3 heterocycles. The molecule has 2 aliphatic heterocycles. The maximum Gasteiger partial charge on any atom is 0.352 e. The summed E-state index contributed by atoms with van der Waals surface area (Å²) in [6, 6.07) is -0.842. The van der Waals surface area contributed by atoms with Crippen LogP contribution in [0, 0.1) is 11.3 Å². The fraction of sp³-hybridized carbons (Fsp3) is 0.500. The Bertz CT molecular complexity index is 1100. The Hall–Kier alpha value is -3.20. The van der Waals surface area contributed by atoms with Crippen molar-refractivity contribution in [3.05, 3.63) is 23.4 Å². The van der Waals surface area contributed by atoms with Crippen LogP contribution in [0.3, 0.4) is 0 Å². The van der Waals surface area contributed by atoms with Crippen molar-refractivity contribution < 1.29 is 24.3 Å². The van der Waals surface area contributed by atoms with Gasteiger partial charge in [0.1, 0.15) is 17.1 Å². The van der Waals surface area contributed by atoms with E-state index in [1.807, 2.05) is 12.2 Å². The predicted molar refractivity (Wildman–Crippen MR) is 126 cm³/mol. The van der Waals surface area contributed by atoms with Gasteiger partial charge in [-0.3, -0.25) is 19.3 Å². The second-order valence-corrected chi connectivity index (χ2v) is 10.6. The number of carboxylic acid groups (broad SMARTS) is 1. The molecule has 1 saturated heterocycles. The monoisotopic (exact) mass is 520 g/mol. The standard InChI is InChI=1S/C20H24N8O5S2/c21-11-4-2-1-3-9(11)7-14(30)23-15-17(31)28-16(19(32)33)10(8-34-18(15)28)12(5-6-13(22)29)35-20-24-26-27-25-20/h1-2,9,12,15,18,21H,3-8H2,(H2,22,29)(H,23,30)(H,32,33)(H,24,25,26,27)/t9?,12?,15?,18-/m0/s1. The van der Waals surface area contributed by atoms with Crippen LogP contribution in [0.1, 0.15) is 32.1 Å². The van der Waals surface area contributed by atoms with Crippen LogP contribution >= 0.6 is 23.5 Å². The van der Waals surface area contributed by atoms with E-state index in [9.17, 15) is 24.3 Å².